The van der Waals surface area contributed by atoms with Crippen LogP contribution in [0.2, 0.25) is 0 Å². The molecule has 2 aromatic carbocycles. The molecule has 13 heteroatoms. The molecule has 0 saturated heterocycles. The maximum absolute atomic E-state index is 13.1. The van der Waals surface area contributed by atoms with Crippen molar-refractivity contribution in [3.8, 4) is 0 Å². The fourth-order valence-electron chi connectivity index (χ4n) is 4.93. The SMILES string of the molecule is CC(=O)Nc1nc(CCc2ccc(NC(NC(=O)O)(N(C(=O)O)C(C)(C)C)C(C)(C)C)cc2)c(C(=O)NCc2ccccc2)s1. The first-order chi connectivity index (χ1) is 20.9. The van der Waals surface area contributed by atoms with Gasteiger partial charge in [-0.05, 0) is 56.9 Å². The van der Waals surface area contributed by atoms with Gasteiger partial charge < -0.3 is 26.2 Å². The van der Waals surface area contributed by atoms with Crippen molar-refractivity contribution in [2.24, 2.45) is 5.41 Å². The van der Waals surface area contributed by atoms with Gasteiger partial charge in [-0.3, -0.25) is 19.8 Å². The summed E-state index contributed by atoms with van der Waals surface area (Å²) in [4.78, 5) is 55.3. The Labute approximate surface area is 267 Å². The zero-order chi connectivity index (χ0) is 33.6. The lowest BCUT2D eigenvalue weighted by Crippen LogP contribution is -2.76. The van der Waals surface area contributed by atoms with E-state index in [2.05, 4.69) is 26.3 Å². The number of aromatic nitrogens is 1. The molecule has 1 aromatic heterocycles. The molecule has 1 unspecified atom stereocenters. The Hall–Kier alpha value is -4.65. The Morgan fingerprint density at radius 2 is 1.49 bits per heavy atom. The smallest absolute Gasteiger partial charge is 0.411 e. The minimum absolute atomic E-state index is 0.284. The molecule has 1 atom stereocenters. The van der Waals surface area contributed by atoms with Gasteiger partial charge in [0.25, 0.3) is 5.91 Å². The maximum Gasteiger partial charge on any atom is 0.411 e. The predicted octanol–water partition coefficient (Wildman–Crippen LogP) is 5.97. The van der Waals surface area contributed by atoms with Crippen LogP contribution in [0.1, 0.15) is 75.0 Å². The Bertz CT molecular complexity index is 1510. The molecule has 0 aliphatic heterocycles. The summed E-state index contributed by atoms with van der Waals surface area (Å²) in [5, 5.41) is 31.6. The number of nitrogens with zero attached hydrogens (tertiary/aromatic N) is 2. The standard InChI is InChI=1S/C32H42N6O6S/c1-20(39)34-27-35-24(25(45-27)26(40)33-19-22-11-9-8-10-12-22)18-15-21-13-16-23(17-14-21)36-32(30(2,3)4,37-28(41)42)38(29(43)44)31(5,6)7/h8-14,16-17,36-37H,15,18-19H2,1-7H3,(H,33,40)(H,41,42)(H,43,44)(H,34,35,39). The Morgan fingerprint density at radius 3 is 2.00 bits per heavy atom. The summed E-state index contributed by atoms with van der Waals surface area (Å²) in [6, 6.07) is 16.7. The number of hydrogen-bond acceptors (Lipinski definition) is 7. The summed E-state index contributed by atoms with van der Waals surface area (Å²) >= 11 is 1.12. The highest BCUT2D eigenvalue weighted by Gasteiger charge is 2.54. The van der Waals surface area contributed by atoms with Gasteiger partial charge in [0.2, 0.25) is 11.7 Å². The third-order valence-corrected chi connectivity index (χ3v) is 7.99. The van der Waals surface area contributed by atoms with Crippen LogP contribution in [-0.4, -0.2) is 55.4 Å². The molecule has 242 valence electrons. The van der Waals surface area contributed by atoms with E-state index in [0.29, 0.717) is 40.8 Å². The van der Waals surface area contributed by atoms with Crippen molar-refractivity contribution in [1.29, 1.82) is 0 Å². The summed E-state index contributed by atoms with van der Waals surface area (Å²) in [7, 11) is 0. The highest BCUT2D eigenvalue weighted by molar-refractivity contribution is 7.17. The van der Waals surface area contributed by atoms with Crippen LogP contribution in [0, 0.1) is 5.41 Å². The van der Waals surface area contributed by atoms with Gasteiger partial charge >= 0.3 is 12.2 Å². The van der Waals surface area contributed by atoms with Crippen molar-refractivity contribution >= 4 is 46.2 Å². The van der Waals surface area contributed by atoms with Crippen LogP contribution < -0.4 is 21.3 Å². The molecular weight excluding hydrogens is 596 g/mol. The fourth-order valence-corrected chi connectivity index (χ4v) is 5.90. The van der Waals surface area contributed by atoms with Gasteiger partial charge in [0.05, 0.1) is 5.69 Å². The third kappa shape index (κ3) is 8.94. The summed E-state index contributed by atoms with van der Waals surface area (Å²) < 4.78 is 0. The van der Waals surface area contributed by atoms with Crippen molar-refractivity contribution in [1.82, 2.24) is 20.5 Å². The van der Waals surface area contributed by atoms with E-state index in [4.69, 9.17) is 0 Å². The molecule has 0 aliphatic carbocycles. The molecule has 3 rings (SSSR count). The van der Waals surface area contributed by atoms with Crippen LogP contribution in [0.15, 0.2) is 54.6 Å². The highest BCUT2D eigenvalue weighted by atomic mass is 32.1. The number of anilines is 2. The van der Waals surface area contributed by atoms with Crippen LogP contribution in [0.4, 0.5) is 20.4 Å². The predicted molar refractivity (Wildman–Crippen MR) is 174 cm³/mol. The van der Waals surface area contributed by atoms with Crippen molar-refractivity contribution in [3.05, 3.63) is 76.3 Å². The van der Waals surface area contributed by atoms with Crippen LogP contribution in [0.3, 0.4) is 0 Å². The quantitative estimate of drug-likeness (QED) is 0.139. The van der Waals surface area contributed by atoms with Crippen molar-refractivity contribution in [3.63, 3.8) is 0 Å². The Morgan fingerprint density at radius 1 is 0.867 bits per heavy atom. The molecule has 4 amide bonds. The van der Waals surface area contributed by atoms with Gasteiger partial charge in [-0.2, -0.15) is 0 Å². The zero-order valence-corrected chi connectivity index (χ0v) is 27.5. The summed E-state index contributed by atoms with van der Waals surface area (Å²) in [5.41, 5.74) is 1.02. The number of carbonyl (C=O) groups is 4. The average molecular weight is 639 g/mol. The number of carbonyl (C=O) groups excluding carboxylic acids is 2. The number of carboxylic acid groups (broad SMARTS) is 2. The van der Waals surface area contributed by atoms with Crippen LogP contribution in [0.25, 0.3) is 0 Å². The first kappa shape index (κ1) is 34.8. The zero-order valence-electron chi connectivity index (χ0n) is 26.6. The molecule has 0 spiro atoms. The van der Waals surface area contributed by atoms with E-state index in [1.54, 1.807) is 53.7 Å². The van der Waals surface area contributed by atoms with E-state index in [-0.39, 0.29) is 11.8 Å². The van der Waals surface area contributed by atoms with Gasteiger partial charge in [-0.1, -0.05) is 74.6 Å². The molecule has 0 fully saturated rings. The van der Waals surface area contributed by atoms with Crippen molar-refractivity contribution < 1.29 is 29.4 Å². The van der Waals surface area contributed by atoms with E-state index >= 15 is 0 Å². The molecule has 6 N–H and O–H groups in total. The van der Waals surface area contributed by atoms with Gasteiger partial charge in [0.1, 0.15) is 4.88 Å². The number of rotatable bonds is 11. The molecule has 3 aromatic rings. The lowest BCUT2D eigenvalue weighted by atomic mass is 9.82. The maximum atomic E-state index is 13.1. The van der Waals surface area contributed by atoms with Crippen LogP contribution in [0.5, 0.6) is 0 Å². The van der Waals surface area contributed by atoms with Gasteiger partial charge in [0.15, 0.2) is 5.13 Å². The summed E-state index contributed by atoms with van der Waals surface area (Å²) in [6.07, 6.45) is -1.74. The fraction of sp³-hybridized carbons (Fsp3) is 0.406. The molecule has 45 heavy (non-hydrogen) atoms. The van der Waals surface area contributed by atoms with E-state index in [9.17, 15) is 29.4 Å². The third-order valence-electron chi connectivity index (χ3n) is 6.98. The van der Waals surface area contributed by atoms with Gasteiger partial charge in [-0.15, -0.1) is 0 Å². The molecular formula is C32H42N6O6S. The Balaban J connectivity index is 1.84. The van der Waals surface area contributed by atoms with Gasteiger partial charge in [-0.25, -0.2) is 14.6 Å². The molecule has 1 heterocycles. The minimum Gasteiger partial charge on any atom is -0.465 e. The van der Waals surface area contributed by atoms with Crippen molar-refractivity contribution in [2.75, 3.05) is 10.6 Å². The Kier molecular flexibility index (Phi) is 10.8. The summed E-state index contributed by atoms with van der Waals surface area (Å²) in [6.45, 7) is 12.1. The van der Waals surface area contributed by atoms with Crippen LogP contribution in [-0.2, 0) is 24.2 Å². The first-order valence-corrected chi connectivity index (χ1v) is 15.3. The first-order valence-electron chi connectivity index (χ1n) is 14.4. The monoisotopic (exact) mass is 638 g/mol. The topological polar surface area (TPSA) is 173 Å². The lowest BCUT2D eigenvalue weighted by Gasteiger charge is -2.55. The van der Waals surface area contributed by atoms with E-state index < -0.39 is 28.9 Å². The number of amides is 4. The van der Waals surface area contributed by atoms with E-state index in [1.165, 1.54) is 6.92 Å². The number of aryl methyl sites for hydroxylation is 2. The average Bonchev–Trinajstić information content (AvgIpc) is 3.31. The second-order valence-corrected chi connectivity index (χ2v) is 13.6. The minimum atomic E-state index is -1.73. The highest BCUT2D eigenvalue weighted by Crippen LogP contribution is 2.39. The lowest BCUT2D eigenvalue weighted by molar-refractivity contribution is -0.114. The number of hydrogen-bond donors (Lipinski definition) is 6. The molecule has 0 aliphatic rings. The number of benzene rings is 2. The largest absolute Gasteiger partial charge is 0.465 e. The van der Waals surface area contributed by atoms with E-state index in [0.717, 1.165) is 27.4 Å². The molecule has 0 bridgehead atoms. The second kappa shape index (κ2) is 14.0. The van der Waals surface area contributed by atoms with Crippen molar-refractivity contribution in [2.45, 2.75) is 79.2 Å². The number of nitrogens with one attached hydrogen (secondary N) is 4. The number of thiazole rings is 1. The molecule has 0 radical (unpaired) electrons. The van der Waals surface area contributed by atoms with Crippen LogP contribution >= 0.6 is 11.3 Å². The van der Waals surface area contributed by atoms with Gasteiger partial charge in [0, 0.05) is 30.1 Å². The summed E-state index contributed by atoms with van der Waals surface area (Å²) in [5.74, 6) is -2.30. The second-order valence-electron chi connectivity index (χ2n) is 12.6. The normalized spacial score (nSPS) is 12.9. The van der Waals surface area contributed by atoms with E-state index in [1.807, 2.05) is 42.5 Å². The molecule has 0 saturated carbocycles. The molecule has 12 nitrogen and oxygen atoms in total.